The van der Waals surface area contributed by atoms with Gasteiger partial charge in [-0.25, -0.2) is 4.39 Å². The SMILES string of the molecule is CNC(=O)c1cc(OCCN[C@H](C)c2cccc3c2C=CCC3)cc(-c2ccc(C)c(F)c2)c1.[HH].[HH]. The number of halogens is 1. The standard InChI is InChI=1S/C29H31FN2O2.2H2/c1-19-11-12-22(18-28(19)30)23-15-24(29(33)31-3)17-25(16-23)34-14-13-32-20(2)26-10-6-8-21-7-4-5-9-27(21)26;;/h5-6,8-12,15-18,20,32H,4,7,13-14H2,1-3H3,(H,31,33);2*1H/t20-;;/m1../s1. The minimum absolute atomic E-state index is 0. The molecule has 0 unspecified atom stereocenters. The molecular formula is C29H35FN2O2. The van der Waals surface area contributed by atoms with Gasteiger partial charge in [-0.2, -0.15) is 0 Å². The molecule has 2 N–H and O–H groups in total. The average Bonchev–Trinajstić information content (AvgIpc) is 2.87. The van der Waals surface area contributed by atoms with E-state index in [2.05, 4.69) is 47.9 Å². The first-order chi connectivity index (χ1) is 16.5. The van der Waals surface area contributed by atoms with E-state index < -0.39 is 0 Å². The molecule has 0 bridgehead atoms. The zero-order valence-electron chi connectivity index (χ0n) is 20.0. The second kappa shape index (κ2) is 10.7. The number of rotatable bonds is 8. The summed E-state index contributed by atoms with van der Waals surface area (Å²) < 4.78 is 20.1. The third kappa shape index (κ3) is 5.37. The van der Waals surface area contributed by atoms with Crippen LogP contribution in [0.1, 0.15) is 54.9 Å². The lowest BCUT2D eigenvalue weighted by atomic mass is 9.90. The third-order valence-corrected chi connectivity index (χ3v) is 6.28. The van der Waals surface area contributed by atoms with Gasteiger partial charge in [0, 0.05) is 28.1 Å². The Balaban J connectivity index is 0.00000228. The van der Waals surface area contributed by atoms with Gasteiger partial charge in [0.1, 0.15) is 18.2 Å². The van der Waals surface area contributed by atoms with Crippen molar-refractivity contribution < 1.29 is 16.8 Å². The lowest BCUT2D eigenvalue weighted by molar-refractivity contribution is 0.0962. The predicted molar refractivity (Wildman–Crippen MR) is 140 cm³/mol. The summed E-state index contributed by atoms with van der Waals surface area (Å²) in [6.45, 7) is 4.97. The van der Waals surface area contributed by atoms with Gasteiger partial charge in [-0.3, -0.25) is 4.79 Å². The Morgan fingerprint density at radius 1 is 1.15 bits per heavy atom. The number of carbonyl (C=O) groups is 1. The number of carbonyl (C=O) groups excluding carboxylic acids is 1. The van der Waals surface area contributed by atoms with Crippen LogP contribution in [0.3, 0.4) is 0 Å². The number of hydrogen-bond acceptors (Lipinski definition) is 3. The van der Waals surface area contributed by atoms with Crippen LogP contribution in [-0.2, 0) is 6.42 Å². The number of amides is 1. The minimum Gasteiger partial charge on any atom is -0.492 e. The molecule has 0 aromatic heterocycles. The zero-order chi connectivity index (χ0) is 24.1. The number of hydrogen-bond donors (Lipinski definition) is 2. The number of benzene rings is 3. The highest BCUT2D eigenvalue weighted by molar-refractivity contribution is 5.95. The van der Waals surface area contributed by atoms with Crippen molar-refractivity contribution >= 4 is 12.0 Å². The van der Waals surface area contributed by atoms with Crippen molar-refractivity contribution in [1.29, 1.82) is 0 Å². The van der Waals surface area contributed by atoms with Gasteiger partial charge in [-0.1, -0.05) is 42.5 Å². The van der Waals surface area contributed by atoms with Gasteiger partial charge in [0.2, 0.25) is 0 Å². The molecule has 3 aromatic carbocycles. The molecule has 0 saturated heterocycles. The first-order valence-electron chi connectivity index (χ1n) is 11.7. The van der Waals surface area contributed by atoms with Crippen LogP contribution < -0.4 is 15.4 Å². The van der Waals surface area contributed by atoms with Gasteiger partial charge < -0.3 is 15.4 Å². The Bertz CT molecular complexity index is 1230. The van der Waals surface area contributed by atoms with E-state index in [1.54, 1.807) is 32.2 Å². The summed E-state index contributed by atoms with van der Waals surface area (Å²) in [4.78, 5) is 12.3. The molecule has 0 radical (unpaired) electrons. The van der Waals surface area contributed by atoms with Crippen LogP contribution in [0, 0.1) is 12.7 Å². The first kappa shape index (κ1) is 23.7. The van der Waals surface area contributed by atoms with Crippen molar-refractivity contribution in [2.24, 2.45) is 0 Å². The Hall–Kier alpha value is -3.44. The molecule has 180 valence electrons. The maximum Gasteiger partial charge on any atom is 0.251 e. The lowest BCUT2D eigenvalue weighted by Gasteiger charge is -2.21. The van der Waals surface area contributed by atoms with Gasteiger partial charge in [-0.05, 0) is 84.3 Å². The van der Waals surface area contributed by atoms with Crippen molar-refractivity contribution in [1.82, 2.24) is 10.6 Å². The number of ether oxygens (including phenoxy) is 1. The van der Waals surface area contributed by atoms with E-state index in [1.165, 1.54) is 22.8 Å². The van der Waals surface area contributed by atoms with E-state index >= 15 is 0 Å². The van der Waals surface area contributed by atoms with Gasteiger partial charge in [-0.15, -0.1) is 0 Å². The Morgan fingerprint density at radius 3 is 2.79 bits per heavy atom. The fraction of sp³-hybridized carbons (Fsp3) is 0.276. The fourth-order valence-corrected chi connectivity index (χ4v) is 4.32. The van der Waals surface area contributed by atoms with Crippen LogP contribution in [0.5, 0.6) is 5.75 Å². The molecule has 4 rings (SSSR count). The van der Waals surface area contributed by atoms with Gasteiger partial charge in [0.05, 0.1) is 0 Å². The van der Waals surface area contributed by atoms with Crippen molar-refractivity contribution in [2.75, 3.05) is 20.2 Å². The van der Waals surface area contributed by atoms with Crippen molar-refractivity contribution in [2.45, 2.75) is 32.7 Å². The van der Waals surface area contributed by atoms with E-state index in [-0.39, 0.29) is 20.6 Å². The third-order valence-electron chi connectivity index (χ3n) is 6.28. The summed E-state index contributed by atoms with van der Waals surface area (Å²) in [5.41, 5.74) is 6.50. The highest BCUT2D eigenvalue weighted by Crippen LogP contribution is 2.29. The summed E-state index contributed by atoms with van der Waals surface area (Å²) in [5, 5.41) is 6.19. The lowest BCUT2D eigenvalue weighted by Crippen LogP contribution is -2.25. The Morgan fingerprint density at radius 2 is 2.00 bits per heavy atom. The summed E-state index contributed by atoms with van der Waals surface area (Å²) in [6, 6.07) is 17.1. The molecule has 0 fully saturated rings. The summed E-state index contributed by atoms with van der Waals surface area (Å²) in [6.07, 6.45) is 6.64. The topological polar surface area (TPSA) is 50.4 Å². The van der Waals surface area contributed by atoms with Crippen molar-refractivity contribution in [3.8, 4) is 16.9 Å². The van der Waals surface area contributed by atoms with Crippen molar-refractivity contribution in [3.63, 3.8) is 0 Å². The molecule has 0 heterocycles. The normalized spacial score (nSPS) is 13.3. The molecule has 0 aliphatic heterocycles. The van der Waals surface area contributed by atoms with Crippen LogP contribution in [0.2, 0.25) is 0 Å². The molecule has 4 nitrogen and oxygen atoms in total. The highest BCUT2D eigenvalue weighted by Gasteiger charge is 2.14. The predicted octanol–water partition coefficient (Wildman–Crippen LogP) is 6.34. The zero-order valence-corrected chi connectivity index (χ0v) is 20.0. The first-order valence-corrected chi connectivity index (χ1v) is 11.7. The molecular weight excluding hydrogens is 427 g/mol. The number of allylic oxidation sites excluding steroid dienone is 1. The van der Waals surface area contributed by atoms with Gasteiger partial charge >= 0.3 is 0 Å². The highest BCUT2D eigenvalue weighted by atomic mass is 19.1. The molecule has 1 aliphatic carbocycles. The molecule has 1 amide bonds. The van der Waals surface area contributed by atoms with E-state index in [0.717, 1.165) is 18.4 Å². The molecule has 1 aliphatic rings. The molecule has 5 heteroatoms. The van der Waals surface area contributed by atoms with Crippen LogP contribution in [-0.4, -0.2) is 26.1 Å². The number of nitrogens with one attached hydrogen (secondary N) is 2. The number of aryl methyl sites for hydroxylation is 2. The minimum atomic E-state index is -0.276. The van der Waals surface area contributed by atoms with E-state index in [4.69, 9.17) is 4.74 Å². The second-order valence-electron chi connectivity index (χ2n) is 8.67. The quantitative estimate of drug-likeness (QED) is 0.384. The van der Waals surface area contributed by atoms with E-state index in [1.807, 2.05) is 12.1 Å². The smallest absolute Gasteiger partial charge is 0.251 e. The fourth-order valence-electron chi connectivity index (χ4n) is 4.32. The van der Waals surface area contributed by atoms with Crippen LogP contribution in [0.25, 0.3) is 17.2 Å². The van der Waals surface area contributed by atoms with Crippen LogP contribution in [0.15, 0.2) is 60.7 Å². The molecule has 0 saturated carbocycles. The summed E-state index contributed by atoms with van der Waals surface area (Å²) >= 11 is 0. The summed E-state index contributed by atoms with van der Waals surface area (Å²) in [5.74, 6) is 0.0842. The maximum atomic E-state index is 14.1. The van der Waals surface area contributed by atoms with Gasteiger partial charge in [0.15, 0.2) is 0 Å². The maximum absolute atomic E-state index is 14.1. The number of fused-ring (bicyclic) bond motifs is 1. The van der Waals surface area contributed by atoms with Crippen molar-refractivity contribution in [3.05, 3.63) is 94.3 Å². The monoisotopic (exact) mass is 462 g/mol. The molecule has 34 heavy (non-hydrogen) atoms. The van der Waals surface area contributed by atoms with E-state index in [0.29, 0.717) is 35.6 Å². The molecule has 3 aromatic rings. The average molecular weight is 463 g/mol. The largest absolute Gasteiger partial charge is 0.492 e. The van der Waals surface area contributed by atoms with Crippen LogP contribution >= 0.6 is 0 Å². The molecule has 0 spiro atoms. The Labute approximate surface area is 203 Å². The van der Waals surface area contributed by atoms with E-state index in [9.17, 15) is 9.18 Å². The van der Waals surface area contributed by atoms with Gasteiger partial charge in [0.25, 0.3) is 5.91 Å². The Kier molecular flexibility index (Phi) is 7.43. The summed E-state index contributed by atoms with van der Waals surface area (Å²) in [7, 11) is 1.59. The molecule has 1 atom stereocenters. The van der Waals surface area contributed by atoms with Crippen LogP contribution in [0.4, 0.5) is 4.39 Å². The second-order valence-corrected chi connectivity index (χ2v) is 8.67.